The van der Waals surface area contributed by atoms with Crippen molar-refractivity contribution in [1.82, 2.24) is 5.32 Å². The van der Waals surface area contributed by atoms with Gasteiger partial charge in [0.25, 0.3) is 11.8 Å². The minimum atomic E-state index is -0.815. The number of carbonyl (C=O) groups excluding carboxylic acids is 3. The molecule has 0 radical (unpaired) electrons. The van der Waals surface area contributed by atoms with Crippen LogP contribution in [0.2, 0.25) is 0 Å². The number of anilines is 1. The predicted molar refractivity (Wildman–Crippen MR) is 148 cm³/mol. The molecule has 1 fully saturated rings. The summed E-state index contributed by atoms with van der Waals surface area (Å²) in [5.74, 6) is 0.0677. The summed E-state index contributed by atoms with van der Waals surface area (Å²) in [6.07, 6.45) is 1.44. The highest BCUT2D eigenvalue weighted by atomic mass is 79.9. The number of halogens is 2. The second-order valence-electron chi connectivity index (χ2n) is 8.74. The minimum absolute atomic E-state index is 0.168. The molecule has 0 aromatic heterocycles. The Hall–Kier alpha value is -3.43. The summed E-state index contributed by atoms with van der Waals surface area (Å²) in [6.45, 7) is 5.02. The van der Waals surface area contributed by atoms with Crippen molar-refractivity contribution in [2.24, 2.45) is 5.92 Å². The lowest BCUT2D eigenvalue weighted by atomic mass is 10.1. The molecule has 1 aliphatic heterocycles. The van der Waals surface area contributed by atoms with E-state index in [1.807, 2.05) is 44.2 Å². The molecular weight excluding hydrogens is 604 g/mol. The summed E-state index contributed by atoms with van der Waals surface area (Å²) < 4.78 is 12.9. The van der Waals surface area contributed by atoms with Crippen LogP contribution in [0.4, 0.5) is 10.5 Å². The molecule has 3 aromatic rings. The van der Waals surface area contributed by atoms with Gasteiger partial charge in [-0.3, -0.25) is 14.9 Å². The fourth-order valence-corrected chi connectivity index (χ4v) is 4.99. The number of barbiturate groups is 1. The molecule has 1 heterocycles. The van der Waals surface area contributed by atoms with Crippen LogP contribution in [-0.4, -0.2) is 24.5 Å². The Morgan fingerprint density at radius 3 is 2.19 bits per heavy atom. The van der Waals surface area contributed by atoms with Gasteiger partial charge in [-0.2, -0.15) is 0 Å². The maximum absolute atomic E-state index is 13.3. The predicted octanol–water partition coefficient (Wildman–Crippen LogP) is 6.49. The number of amides is 4. The first-order chi connectivity index (χ1) is 17.7. The SMILES string of the molecule is CC(C)COc1c(Br)cc(/C=C2\C(=O)NC(=O)N(c3ccc(OCc4ccccc4)cc3)C2=O)cc1Br. The molecule has 1 aliphatic rings. The Kier molecular flexibility index (Phi) is 8.45. The number of hydrogen-bond acceptors (Lipinski definition) is 5. The van der Waals surface area contributed by atoms with Crippen LogP contribution in [0, 0.1) is 5.92 Å². The average Bonchev–Trinajstić information content (AvgIpc) is 2.86. The number of imide groups is 2. The highest BCUT2D eigenvalue weighted by molar-refractivity contribution is 9.11. The van der Waals surface area contributed by atoms with Gasteiger partial charge in [-0.05, 0) is 91.4 Å². The van der Waals surface area contributed by atoms with Crippen LogP contribution in [0.3, 0.4) is 0 Å². The van der Waals surface area contributed by atoms with Gasteiger partial charge in [0.15, 0.2) is 0 Å². The van der Waals surface area contributed by atoms with E-state index >= 15 is 0 Å². The maximum atomic E-state index is 13.3. The molecule has 190 valence electrons. The van der Waals surface area contributed by atoms with E-state index in [4.69, 9.17) is 9.47 Å². The number of nitrogens with one attached hydrogen (secondary N) is 1. The molecule has 7 nitrogen and oxygen atoms in total. The Morgan fingerprint density at radius 1 is 0.919 bits per heavy atom. The Morgan fingerprint density at radius 2 is 1.57 bits per heavy atom. The number of carbonyl (C=O) groups is 3. The molecular formula is C28H24Br2N2O5. The van der Waals surface area contributed by atoms with Crippen LogP contribution in [0.1, 0.15) is 25.0 Å². The highest BCUT2D eigenvalue weighted by Gasteiger charge is 2.36. The van der Waals surface area contributed by atoms with Gasteiger partial charge >= 0.3 is 6.03 Å². The zero-order valence-corrected chi connectivity index (χ0v) is 23.3. The van der Waals surface area contributed by atoms with Crippen molar-refractivity contribution >= 4 is 61.5 Å². The molecule has 1 N–H and O–H groups in total. The van der Waals surface area contributed by atoms with Crippen molar-refractivity contribution in [2.45, 2.75) is 20.5 Å². The Labute approximate surface area is 231 Å². The third-order valence-electron chi connectivity index (χ3n) is 5.34. The lowest BCUT2D eigenvalue weighted by Crippen LogP contribution is -2.54. The zero-order chi connectivity index (χ0) is 26.5. The smallest absolute Gasteiger partial charge is 0.335 e. The average molecular weight is 628 g/mol. The van der Waals surface area contributed by atoms with Crippen LogP contribution in [0.25, 0.3) is 6.08 Å². The molecule has 0 aliphatic carbocycles. The molecule has 0 unspecified atom stereocenters. The van der Waals surface area contributed by atoms with E-state index in [2.05, 4.69) is 37.2 Å². The van der Waals surface area contributed by atoms with Crippen LogP contribution < -0.4 is 19.7 Å². The van der Waals surface area contributed by atoms with E-state index in [0.717, 1.165) is 10.5 Å². The van der Waals surface area contributed by atoms with E-state index in [1.54, 1.807) is 36.4 Å². The van der Waals surface area contributed by atoms with Gasteiger partial charge in [0.1, 0.15) is 23.7 Å². The standard InChI is InChI=1S/C28H24Br2N2O5/c1-17(2)15-37-25-23(29)13-19(14-24(25)30)12-22-26(33)31-28(35)32(27(22)34)20-8-10-21(11-9-20)36-16-18-6-4-3-5-7-18/h3-14,17H,15-16H2,1-2H3,(H,31,33,35)/b22-12+. The summed E-state index contributed by atoms with van der Waals surface area (Å²) in [4.78, 5) is 39.3. The fraction of sp³-hybridized carbons (Fsp3) is 0.179. The lowest BCUT2D eigenvalue weighted by molar-refractivity contribution is -0.122. The Bertz CT molecular complexity index is 1330. The first-order valence-corrected chi connectivity index (χ1v) is 13.1. The van der Waals surface area contributed by atoms with Crippen molar-refractivity contribution < 1.29 is 23.9 Å². The molecule has 4 rings (SSSR count). The summed E-state index contributed by atoms with van der Waals surface area (Å²) in [7, 11) is 0. The van der Waals surface area contributed by atoms with Crippen molar-refractivity contribution in [3.05, 3.63) is 92.4 Å². The molecule has 1 saturated heterocycles. The molecule has 0 saturated carbocycles. The van der Waals surface area contributed by atoms with Crippen molar-refractivity contribution in [2.75, 3.05) is 11.5 Å². The molecule has 0 spiro atoms. The first kappa shape index (κ1) is 26.6. The number of rotatable bonds is 8. The van der Waals surface area contributed by atoms with E-state index < -0.39 is 17.8 Å². The third-order valence-corrected chi connectivity index (χ3v) is 6.52. The second-order valence-corrected chi connectivity index (χ2v) is 10.5. The Balaban J connectivity index is 1.54. The van der Waals surface area contributed by atoms with Crippen molar-refractivity contribution in [1.29, 1.82) is 0 Å². The van der Waals surface area contributed by atoms with Gasteiger partial charge in [-0.15, -0.1) is 0 Å². The molecule has 0 bridgehead atoms. The monoisotopic (exact) mass is 626 g/mol. The van der Waals surface area contributed by atoms with Crippen molar-refractivity contribution in [3.8, 4) is 11.5 Å². The molecule has 9 heteroatoms. The number of hydrogen-bond donors (Lipinski definition) is 1. The van der Waals surface area contributed by atoms with Gasteiger partial charge in [0, 0.05) is 0 Å². The summed E-state index contributed by atoms with van der Waals surface area (Å²) in [6, 6.07) is 18.9. The summed E-state index contributed by atoms with van der Waals surface area (Å²) >= 11 is 6.98. The first-order valence-electron chi connectivity index (χ1n) is 11.5. The van der Waals surface area contributed by atoms with Crippen molar-refractivity contribution in [3.63, 3.8) is 0 Å². The van der Waals surface area contributed by atoms with Gasteiger partial charge in [-0.25, -0.2) is 9.69 Å². The van der Waals surface area contributed by atoms with Crippen LogP contribution in [-0.2, 0) is 16.2 Å². The molecule has 4 amide bonds. The van der Waals surface area contributed by atoms with Crippen LogP contribution in [0.15, 0.2) is 81.2 Å². The second kappa shape index (κ2) is 11.7. The molecule has 37 heavy (non-hydrogen) atoms. The molecule has 3 aromatic carbocycles. The van der Waals surface area contributed by atoms with Gasteiger partial charge < -0.3 is 9.47 Å². The topological polar surface area (TPSA) is 84.9 Å². The number of benzene rings is 3. The van der Waals surface area contributed by atoms with Crippen LogP contribution >= 0.6 is 31.9 Å². The minimum Gasteiger partial charge on any atom is -0.491 e. The van der Waals surface area contributed by atoms with Gasteiger partial charge in [0.2, 0.25) is 0 Å². The quantitative estimate of drug-likeness (QED) is 0.228. The van der Waals surface area contributed by atoms with E-state index in [-0.39, 0.29) is 5.57 Å². The third kappa shape index (κ3) is 6.47. The number of ether oxygens (including phenoxy) is 2. The maximum Gasteiger partial charge on any atom is 0.335 e. The molecule has 0 atom stereocenters. The van der Waals surface area contributed by atoms with E-state index in [9.17, 15) is 14.4 Å². The number of nitrogens with zero attached hydrogens (tertiary/aromatic N) is 1. The summed E-state index contributed by atoms with van der Waals surface area (Å²) in [5, 5.41) is 2.24. The van der Waals surface area contributed by atoms with Gasteiger partial charge in [-0.1, -0.05) is 44.2 Å². The van der Waals surface area contributed by atoms with Crippen LogP contribution in [0.5, 0.6) is 11.5 Å². The van der Waals surface area contributed by atoms with E-state index in [0.29, 0.717) is 50.8 Å². The normalized spacial score (nSPS) is 14.8. The summed E-state index contributed by atoms with van der Waals surface area (Å²) in [5.41, 5.74) is 1.74. The number of urea groups is 1. The lowest BCUT2D eigenvalue weighted by Gasteiger charge is -2.26. The van der Waals surface area contributed by atoms with Gasteiger partial charge in [0.05, 0.1) is 21.2 Å². The highest BCUT2D eigenvalue weighted by Crippen LogP contribution is 2.36. The fourth-order valence-electron chi connectivity index (χ4n) is 3.54. The largest absolute Gasteiger partial charge is 0.491 e. The van der Waals surface area contributed by atoms with E-state index in [1.165, 1.54) is 6.08 Å². The zero-order valence-electron chi connectivity index (χ0n) is 20.2.